The van der Waals surface area contributed by atoms with Gasteiger partial charge in [0, 0.05) is 6.54 Å². The number of nitrogens with one attached hydrogen (secondary N) is 1. The molecule has 2 atom stereocenters. The maximum absolute atomic E-state index is 9.94. The third kappa shape index (κ3) is 2.17. The molecule has 0 aromatic heterocycles. The first-order valence-corrected chi connectivity index (χ1v) is 6.39. The molecule has 2 heteroatoms. The van der Waals surface area contributed by atoms with E-state index in [9.17, 15) is 5.11 Å². The van der Waals surface area contributed by atoms with Crippen molar-refractivity contribution in [3.8, 4) is 0 Å². The van der Waals surface area contributed by atoms with Crippen molar-refractivity contribution in [1.29, 1.82) is 0 Å². The minimum Gasteiger partial charge on any atom is -0.391 e. The fraction of sp³-hybridized carbons (Fsp3) is 0.250. The summed E-state index contributed by atoms with van der Waals surface area (Å²) in [5.74, 6) is 0. The van der Waals surface area contributed by atoms with Crippen LogP contribution < -0.4 is 5.32 Å². The fourth-order valence-electron chi connectivity index (χ4n) is 2.63. The number of aliphatic hydroxyl groups excluding tert-OH is 1. The zero-order chi connectivity index (χ0) is 12.4. The molecular formula is C16H17NO. The van der Waals surface area contributed by atoms with Gasteiger partial charge >= 0.3 is 0 Å². The highest BCUT2D eigenvalue weighted by Crippen LogP contribution is 2.27. The minimum atomic E-state index is -0.306. The van der Waals surface area contributed by atoms with Crippen molar-refractivity contribution in [2.24, 2.45) is 0 Å². The molecule has 0 radical (unpaired) electrons. The summed E-state index contributed by atoms with van der Waals surface area (Å²) in [5.41, 5.74) is 3.77. The van der Waals surface area contributed by atoms with E-state index in [0.717, 1.165) is 6.42 Å². The summed E-state index contributed by atoms with van der Waals surface area (Å²) in [5, 5.41) is 13.4. The van der Waals surface area contributed by atoms with Crippen molar-refractivity contribution < 1.29 is 5.11 Å². The molecule has 3 rings (SSSR count). The largest absolute Gasteiger partial charge is 0.391 e. The van der Waals surface area contributed by atoms with Crippen molar-refractivity contribution in [1.82, 2.24) is 5.32 Å². The van der Waals surface area contributed by atoms with Crippen LogP contribution in [0.5, 0.6) is 0 Å². The lowest BCUT2D eigenvalue weighted by Gasteiger charge is -2.19. The molecule has 0 spiro atoms. The summed E-state index contributed by atoms with van der Waals surface area (Å²) in [6.07, 6.45) is 0.423. The second-order valence-corrected chi connectivity index (χ2v) is 4.81. The van der Waals surface area contributed by atoms with Gasteiger partial charge in [0.2, 0.25) is 0 Å². The van der Waals surface area contributed by atoms with Crippen LogP contribution >= 0.6 is 0 Å². The maximum atomic E-state index is 9.94. The third-order valence-corrected chi connectivity index (χ3v) is 3.51. The van der Waals surface area contributed by atoms with Gasteiger partial charge in [0.05, 0.1) is 12.1 Å². The van der Waals surface area contributed by atoms with E-state index in [4.69, 9.17) is 0 Å². The van der Waals surface area contributed by atoms with Crippen molar-refractivity contribution in [2.45, 2.75) is 18.6 Å². The molecule has 0 fully saturated rings. The van der Waals surface area contributed by atoms with Crippen molar-refractivity contribution >= 4 is 0 Å². The molecule has 1 heterocycles. The molecule has 2 aromatic rings. The lowest BCUT2D eigenvalue weighted by molar-refractivity contribution is 0.173. The van der Waals surface area contributed by atoms with Crippen LogP contribution in [0.4, 0.5) is 0 Å². The molecule has 1 aliphatic rings. The zero-order valence-corrected chi connectivity index (χ0v) is 10.2. The lowest BCUT2D eigenvalue weighted by Crippen LogP contribution is -2.28. The molecule has 2 N–H and O–H groups in total. The van der Waals surface area contributed by atoms with Crippen LogP contribution in [0.25, 0.3) is 0 Å². The number of fused-ring (bicyclic) bond motifs is 1. The smallest absolute Gasteiger partial charge is 0.0705 e. The highest BCUT2D eigenvalue weighted by atomic mass is 16.3. The first-order valence-electron chi connectivity index (χ1n) is 6.39. The van der Waals surface area contributed by atoms with Crippen molar-refractivity contribution in [2.75, 3.05) is 6.54 Å². The normalized spacial score (nSPS) is 23.2. The second kappa shape index (κ2) is 4.92. The molecule has 92 valence electrons. The van der Waals surface area contributed by atoms with E-state index in [1.54, 1.807) is 0 Å². The van der Waals surface area contributed by atoms with Crippen molar-refractivity contribution in [3.63, 3.8) is 0 Å². The number of benzene rings is 2. The molecular weight excluding hydrogens is 222 g/mol. The van der Waals surface area contributed by atoms with Gasteiger partial charge in [-0.05, 0) is 23.1 Å². The van der Waals surface area contributed by atoms with Crippen LogP contribution in [0.2, 0.25) is 0 Å². The van der Waals surface area contributed by atoms with Crippen LogP contribution in [0.15, 0.2) is 54.6 Å². The maximum Gasteiger partial charge on any atom is 0.0705 e. The number of β-amino-alcohol motifs (C(OH)–C–C–N with tert-alkyl or cyclic N) is 1. The highest BCUT2D eigenvalue weighted by molar-refractivity contribution is 5.38. The first-order chi connectivity index (χ1) is 8.84. The molecule has 0 amide bonds. The van der Waals surface area contributed by atoms with Gasteiger partial charge in [-0.2, -0.15) is 0 Å². The predicted molar refractivity (Wildman–Crippen MR) is 72.4 cm³/mol. The van der Waals surface area contributed by atoms with Gasteiger partial charge in [-0.15, -0.1) is 0 Å². The Kier molecular flexibility index (Phi) is 3.13. The Morgan fingerprint density at radius 2 is 1.67 bits per heavy atom. The van der Waals surface area contributed by atoms with E-state index in [0.29, 0.717) is 6.54 Å². The average molecular weight is 239 g/mol. The number of hydrogen-bond acceptors (Lipinski definition) is 2. The molecule has 0 aliphatic carbocycles. The van der Waals surface area contributed by atoms with Crippen LogP contribution in [0.1, 0.15) is 22.7 Å². The zero-order valence-electron chi connectivity index (χ0n) is 10.2. The van der Waals surface area contributed by atoms with Crippen LogP contribution in [-0.4, -0.2) is 17.8 Å². The van der Waals surface area contributed by atoms with Crippen LogP contribution in [0, 0.1) is 0 Å². The summed E-state index contributed by atoms with van der Waals surface area (Å²) in [7, 11) is 0. The first kappa shape index (κ1) is 11.5. The number of hydrogen-bond donors (Lipinski definition) is 2. The third-order valence-electron chi connectivity index (χ3n) is 3.51. The topological polar surface area (TPSA) is 32.3 Å². The summed E-state index contributed by atoms with van der Waals surface area (Å²) in [6.45, 7) is 0.633. The van der Waals surface area contributed by atoms with Gasteiger partial charge < -0.3 is 10.4 Å². The Balaban J connectivity index is 2.05. The Labute approximate surface area is 107 Å². The van der Waals surface area contributed by atoms with Gasteiger partial charge in [0.25, 0.3) is 0 Å². The molecule has 2 unspecified atom stereocenters. The van der Waals surface area contributed by atoms with Gasteiger partial charge in [-0.3, -0.25) is 0 Å². The number of aliphatic hydroxyl groups is 1. The lowest BCUT2D eigenvalue weighted by atomic mass is 9.94. The Morgan fingerprint density at radius 3 is 2.50 bits per heavy atom. The van der Waals surface area contributed by atoms with Crippen LogP contribution in [0.3, 0.4) is 0 Å². The molecule has 1 aliphatic heterocycles. The second-order valence-electron chi connectivity index (χ2n) is 4.81. The van der Waals surface area contributed by atoms with E-state index in [2.05, 4.69) is 47.8 Å². The predicted octanol–water partition coefficient (Wildman–Crippen LogP) is 2.28. The SMILES string of the molecule is OC1CNC(c2ccccc2)c2ccccc2C1. The molecule has 0 bridgehead atoms. The Hall–Kier alpha value is -1.64. The molecule has 0 saturated heterocycles. The minimum absolute atomic E-state index is 0.180. The van der Waals surface area contributed by atoms with Gasteiger partial charge in [-0.1, -0.05) is 54.6 Å². The van der Waals surface area contributed by atoms with E-state index < -0.39 is 0 Å². The van der Waals surface area contributed by atoms with Gasteiger partial charge in [0.15, 0.2) is 0 Å². The van der Waals surface area contributed by atoms with Gasteiger partial charge in [-0.25, -0.2) is 0 Å². The summed E-state index contributed by atoms with van der Waals surface area (Å²) in [4.78, 5) is 0. The Morgan fingerprint density at radius 1 is 0.944 bits per heavy atom. The van der Waals surface area contributed by atoms with E-state index in [-0.39, 0.29) is 12.1 Å². The number of rotatable bonds is 1. The quantitative estimate of drug-likeness (QED) is 0.800. The molecule has 0 saturated carbocycles. The molecule has 2 aromatic carbocycles. The van der Waals surface area contributed by atoms with Gasteiger partial charge in [0.1, 0.15) is 0 Å². The summed E-state index contributed by atoms with van der Waals surface area (Å²) < 4.78 is 0. The fourth-order valence-corrected chi connectivity index (χ4v) is 2.63. The van der Waals surface area contributed by atoms with Crippen LogP contribution in [-0.2, 0) is 6.42 Å². The summed E-state index contributed by atoms with van der Waals surface area (Å²) in [6, 6.07) is 19.0. The Bertz CT molecular complexity index is 524. The summed E-state index contributed by atoms with van der Waals surface area (Å²) >= 11 is 0. The molecule has 2 nitrogen and oxygen atoms in total. The van der Waals surface area contributed by atoms with Crippen molar-refractivity contribution in [3.05, 3.63) is 71.3 Å². The van der Waals surface area contributed by atoms with E-state index in [1.807, 2.05) is 12.1 Å². The van der Waals surface area contributed by atoms with E-state index >= 15 is 0 Å². The highest BCUT2D eigenvalue weighted by Gasteiger charge is 2.22. The standard InChI is InChI=1S/C16H17NO/c18-14-10-13-8-4-5-9-15(13)16(17-11-14)12-6-2-1-3-7-12/h1-9,14,16-18H,10-11H2. The average Bonchev–Trinajstić information content (AvgIpc) is 2.58. The van der Waals surface area contributed by atoms with E-state index in [1.165, 1.54) is 16.7 Å². The molecule has 18 heavy (non-hydrogen) atoms. The monoisotopic (exact) mass is 239 g/mol.